The van der Waals surface area contributed by atoms with Gasteiger partial charge in [-0.1, -0.05) is 51.2 Å². The zero-order valence-corrected chi connectivity index (χ0v) is 13.6. The molecule has 1 atom stereocenters. The Morgan fingerprint density at radius 1 is 1.25 bits per heavy atom. The van der Waals surface area contributed by atoms with E-state index in [9.17, 15) is 9.90 Å². The number of hydrogen-bond acceptors (Lipinski definition) is 3. The van der Waals surface area contributed by atoms with Crippen LogP contribution in [0.4, 0.5) is 0 Å². The van der Waals surface area contributed by atoms with E-state index in [-0.39, 0.29) is 16.8 Å². The number of Topliss-reactive ketones (excluding diaryl/α,β-unsaturated/α-hetero) is 1. The predicted octanol–water partition coefficient (Wildman–Crippen LogP) is 4.98. The number of phenols is 1. The Balaban J connectivity index is 2.74. The Labute approximate surface area is 127 Å². The maximum Gasteiger partial charge on any atom is 0.179 e. The zero-order valence-electron chi connectivity index (χ0n) is 12.8. The molecule has 0 radical (unpaired) electrons. The van der Waals surface area contributed by atoms with Gasteiger partial charge in [0, 0.05) is 0 Å². The standard InChI is InChI=1S/C17H26O2S/c1-4-6-7-8-9-16(20-5-2)17(19)14-12-13(3)10-11-15(14)18/h10-12,16,18H,4-9H2,1-3H3/t16-/m1/s1. The SMILES string of the molecule is CCCCCC[C@@H](SCC)C(=O)c1cc(C)ccc1O. The highest BCUT2D eigenvalue weighted by molar-refractivity contribution is 8.00. The molecule has 0 spiro atoms. The van der Waals surface area contributed by atoms with Crippen LogP contribution in [0.15, 0.2) is 18.2 Å². The van der Waals surface area contributed by atoms with Gasteiger partial charge in [0.25, 0.3) is 0 Å². The summed E-state index contributed by atoms with van der Waals surface area (Å²) in [4.78, 5) is 12.6. The largest absolute Gasteiger partial charge is 0.507 e. The number of unbranched alkanes of at least 4 members (excludes halogenated alkanes) is 3. The number of carbonyl (C=O) groups excluding carboxylic acids is 1. The number of thioether (sulfide) groups is 1. The normalized spacial score (nSPS) is 12.3. The third kappa shape index (κ3) is 5.20. The molecule has 3 heteroatoms. The molecule has 0 aliphatic heterocycles. The number of phenolic OH excluding ortho intramolecular Hbond substituents is 1. The van der Waals surface area contributed by atoms with Crippen LogP contribution in [0.1, 0.15) is 61.9 Å². The van der Waals surface area contributed by atoms with E-state index in [0.717, 1.165) is 24.2 Å². The summed E-state index contributed by atoms with van der Waals surface area (Å²) in [7, 11) is 0. The van der Waals surface area contributed by atoms with Gasteiger partial charge in [0.1, 0.15) is 5.75 Å². The third-order valence-corrected chi connectivity index (χ3v) is 4.58. The molecule has 0 amide bonds. The van der Waals surface area contributed by atoms with E-state index in [1.54, 1.807) is 23.9 Å². The Morgan fingerprint density at radius 3 is 2.65 bits per heavy atom. The number of aryl methyl sites for hydroxylation is 1. The van der Waals surface area contributed by atoms with Crippen molar-refractivity contribution in [2.24, 2.45) is 0 Å². The highest BCUT2D eigenvalue weighted by atomic mass is 32.2. The lowest BCUT2D eigenvalue weighted by atomic mass is 10.0. The summed E-state index contributed by atoms with van der Waals surface area (Å²) < 4.78 is 0. The van der Waals surface area contributed by atoms with Crippen LogP contribution in [0.25, 0.3) is 0 Å². The van der Waals surface area contributed by atoms with Gasteiger partial charge < -0.3 is 5.11 Å². The van der Waals surface area contributed by atoms with Gasteiger partial charge in [-0.2, -0.15) is 11.8 Å². The Morgan fingerprint density at radius 2 is 2.00 bits per heavy atom. The summed E-state index contributed by atoms with van der Waals surface area (Å²) in [6, 6.07) is 5.25. The highest BCUT2D eigenvalue weighted by Crippen LogP contribution is 2.27. The first kappa shape index (κ1) is 17.1. The number of benzene rings is 1. The lowest BCUT2D eigenvalue weighted by Crippen LogP contribution is -2.18. The van der Waals surface area contributed by atoms with Crippen molar-refractivity contribution in [2.45, 2.75) is 58.1 Å². The van der Waals surface area contributed by atoms with Crippen LogP contribution in [0.2, 0.25) is 0 Å². The number of hydrogen-bond donors (Lipinski definition) is 1. The van der Waals surface area contributed by atoms with Gasteiger partial charge in [-0.3, -0.25) is 4.79 Å². The van der Waals surface area contributed by atoms with Gasteiger partial charge in [-0.05, 0) is 31.2 Å². The molecule has 1 aromatic rings. The van der Waals surface area contributed by atoms with Crippen LogP contribution < -0.4 is 0 Å². The van der Waals surface area contributed by atoms with E-state index in [2.05, 4.69) is 13.8 Å². The minimum Gasteiger partial charge on any atom is -0.507 e. The van der Waals surface area contributed by atoms with Crippen LogP contribution in [0, 0.1) is 6.92 Å². The summed E-state index contributed by atoms with van der Waals surface area (Å²) >= 11 is 1.69. The third-order valence-electron chi connectivity index (χ3n) is 3.40. The fourth-order valence-corrected chi connectivity index (χ4v) is 3.28. The second-order valence-electron chi connectivity index (χ2n) is 5.18. The molecule has 1 rings (SSSR count). The van der Waals surface area contributed by atoms with Gasteiger partial charge in [-0.25, -0.2) is 0 Å². The highest BCUT2D eigenvalue weighted by Gasteiger charge is 2.22. The molecule has 0 unspecified atom stereocenters. The molecule has 0 heterocycles. The van der Waals surface area contributed by atoms with Gasteiger partial charge in [-0.15, -0.1) is 0 Å². The number of carbonyl (C=O) groups is 1. The van der Waals surface area contributed by atoms with E-state index in [0.29, 0.717) is 5.56 Å². The molecule has 20 heavy (non-hydrogen) atoms. The molecule has 112 valence electrons. The van der Waals surface area contributed by atoms with Crippen molar-refractivity contribution in [3.63, 3.8) is 0 Å². The summed E-state index contributed by atoms with van der Waals surface area (Å²) in [5.41, 5.74) is 1.49. The Hall–Kier alpha value is -0.960. The summed E-state index contributed by atoms with van der Waals surface area (Å²) in [5.74, 6) is 1.11. The first-order valence-corrected chi connectivity index (χ1v) is 8.60. The van der Waals surface area contributed by atoms with Crippen LogP contribution in [-0.2, 0) is 0 Å². The Kier molecular flexibility index (Phi) is 7.75. The molecule has 1 aromatic carbocycles. The van der Waals surface area contributed by atoms with Crippen molar-refractivity contribution in [1.82, 2.24) is 0 Å². The maximum absolute atomic E-state index is 12.6. The van der Waals surface area contributed by atoms with Crippen LogP contribution >= 0.6 is 11.8 Å². The lowest BCUT2D eigenvalue weighted by molar-refractivity contribution is 0.0983. The van der Waals surface area contributed by atoms with Crippen molar-refractivity contribution in [2.75, 3.05) is 5.75 Å². The van der Waals surface area contributed by atoms with E-state index in [1.807, 2.05) is 13.0 Å². The first-order valence-electron chi connectivity index (χ1n) is 7.55. The summed E-state index contributed by atoms with van der Waals surface area (Å²) in [5, 5.41) is 9.88. The van der Waals surface area contributed by atoms with Crippen LogP contribution in [0.3, 0.4) is 0 Å². The first-order chi connectivity index (χ1) is 9.60. The molecule has 0 aliphatic rings. The van der Waals surface area contributed by atoms with E-state index in [1.165, 1.54) is 19.3 Å². The zero-order chi connectivity index (χ0) is 15.0. The number of ketones is 1. The van der Waals surface area contributed by atoms with Gasteiger partial charge in [0.15, 0.2) is 5.78 Å². The van der Waals surface area contributed by atoms with Crippen molar-refractivity contribution >= 4 is 17.5 Å². The topological polar surface area (TPSA) is 37.3 Å². The minimum atomic E-state index is -0.0236. The van der Waals surface area contributed by atoms with Gasteiger partial charge >= 0.3 is 0 Å². The average Bonchev–Trinajstić information content (AvgIpc) is 2.44. The maximum atomic E-state index is 12.6. The molecule has 0 fully saturated rings. The fourth-order valence-electron chi connectivity index (χ4n) is 2.27. The molecule has 0 bridgehead atoms. The van der Waals surface area contributed by atoms with Gasteiger partial charge in [0.2, 0.25) is 0 Å². The predicted molar refractivity (Wildman–Crippen MR) is 87.9 cm³/mol. The lowest BCUT2D eigenvalue weighted by Gasteiger charge is -2.15. The molecule has 0 saturated heterocycles. The average molecular weight is 294 g/mol. The summed E-state index contributed by atoms with van der Waals surface area (Å²) in [6.45, 7) is 6.21. The molecule has 0 aliphatic carbocycles. The molecule has 0 saturated carbocycles. The van der Waals surface area contributed by atoms with Crippen molar-refractivity contribution < 1.29 is 9.90 Å². The molecular formula is C17H26O2S. The Bertz CT molecular complexity index is 429. The van der Waals surface area contributed by atoms with E-state index < -0.39 is 0 Å². The van der Waals surface area contributed by atoms with E-state index >= 15 is 0 Å². The van der Waals surface area contributed by atoms with Gasteiger partial charge in [0.05, 0.1) is 10.8 Å². The van der Waals surface area contributed by atoms with Crippen molar-refractivity contribution in [3.8, 4) is 5.75 Å². The van der Waals surface area contributed by atoms with Crippen LogP contribution in [-0.4, -0.2) is 21.9 Å². The molecule has 1 N–H and O–H groups in total. The number of aromatic hydroxyl groups is 1. The second kappa shape index (κ2) is 9.06. The molecular weight excluding hydrogens is 268 g/mol. The summed E-state index contributed by atoms with van der Waals surface area (Å²) in [6.07, 6.45) is 5.62. The van der Waals surface area contributed by atoms with Crippen LogP contribution in [0.5, 0.6) is 5.75 Å². The minimum absolute atomic E-state index is 0.0236. The smallest absolute Gasteiger partial charge is 0.179 e. The second-order valence-corrected chi connectivity index (χ2v) is 6.66. The fraction of sp³-hybridized carbons (Fsp3) is 0.588. The molecule has 0 aromatic heterocycles. The quantitative estimate of drug-likeness (QED) is 0.516. The van der Waals surface area contributed by atoms with E-state index in [4.69, 9.17) is 0 Å². The monoisotopic (exact) mass is 294 g/mol. The van der Waals surface area contributed by atoms with Crippen molar-refractivity contribution in [3.05, 3.63) is 29.3 Å². The molecule has 2 nitrogen and oxygen atoms in total. The number of rotatable bonds is 9. The van der Waals surface area contributed by atoms with Crippen molar-refractivity contribution in [1.29, 1.82) is 0 Å².